The van der Waals surface area contributed by atoms with Crippen LogP contribution in [0.3, 0.4) is 0 Å². The SMILES string of the molecule is COc1cc(CCNC(=O)OC(C)OC(=O)NC2CS(=O)(=O)C2)c(OC)cc1Br. The van der Waals surface area contributed by atoms with Crippen LogP contribution in [0.5, 0.6) is 11.5 Å². The van der Waals surface area contributed by atoms with Crippen molar-refractivity contribution < 1.29 is 37.0 Å². The summed E-state index contributed by atoms with van der Waals surface area (Å²) in [6.45, 7) is 1.62. The number of hydrogen-bond acceptors (Lipinski definition) is 8. The largest absolute Gasteiger partial charge is 0.496 e. The molecule has 1 atom stereocenters. The average molecular weight is 495 g/mol. The Morgan fingerprint density at radius 3 is 2.34 bits per heavy atom. The third kappa shape index (κ3) is 6.96. The lowest BCUT2D eigenvalue weighted by Crippen LogP contribution is -2.53. The van der Waals surface area contributed by atoms with E-state index in [4.69, 9.17) is 18.9 Å². The van der Waals surface area contributed by atoms with Crippen LogP contribution in [-0.2, 0) is 25.7 Å². The number of nitrogens with one attached hydrogen (secondary N) is 2. The molecule has 1 saturated heterocycles. The molecular formula is C17H23BrN2O8S. The molecule has 1 heterocycles. The highest BCUT2D eigenvalue weighted by molar-refractivity contribution is 9.10. The number of rotatable bonds is 8. The number of hydrogen-bond donors (Lipinski definition) is 2. The molecule has 0 bridgehead atoms. The minimum Gasteiger partial charge on any atom is -0.496 e. The van der Waals surface area contributed by atoms with Crippen LogP contribution in [0.15, 0.2) is 16.6 Å². The summed E-state index contributed by atoms with van der Waals surface area (Å²) in [6, 6.07) is 3.09. The molecule has 1 aromatic rings. The van der Waals surface area contributed by atoms with Crippen molar-refractivity contribution in [2.45, 2.75) is 25.7 Å². The van der Waals surface area contributed by atoms with E-state index in [0.29, 0.717) is 17.9 Å². The van der Waals surface area contributed by atoms with Crippen LogP contribution in [-0.4, -0.2) is 65.2 Å². The third-order valence-electron chi connectivity index (χ3n) is 4.00. The van der Waals surface area contributed by atoms with Gasteiger partial charge in [0.25, 0.3) is 0 Å². The van der Waals surface area contributed by atoms with Crippen molar-refractivity contribution in [1.29, 1.82) is 0 Å². The van der Waals surface area contributed by atoms with Crippen LogP contribution in [0.1, 0.15) is 12.5 Å². The molecule has 0 aliphatic carbocycles. The van der Waals surface area contributed by atoms with Gasteiger partial charge in [-0.1, -0.05) is 0 Å². The molecular weight excluding hydrogens is 472 g/mol. The van der Waals surface area contributed by atoms with E-state index in [1.54, 1.807) is 26.4 Å². The van der Waals surface area contributed by atoms with Crippen molar-refractivity contribution in [2.24, 2.45) is 0 Å². The van der Waals surface area contributed by atoms with Gasteiger partial charge in [0.05, 0.1) is 36.2 Å². The van der Waals surface area contributed by atoms with Crippen LogP contribution < -0.4 is 20.1 Å². The Hall–Kier alpha value is -2.21. The first-order valence-corrected chi connectivity index (χ1v) is 11.3. The van der Waals surface area contributed by atoms with Crippen molar-refractivity contribution in [2.75, 3.05) is 32.3 Å². The van der Waals surface area contributed by atoms with Gasteiger partial charge in [-0.3, -0.25) is 0 Å². The number of alkyl carbamates (subject to hydrolysis) is 2. The van der Waals surface area contributed by atoms with Crippen molar-refractivity contribution >= 4 is 38.0 Å². The molecule has 2 N–H and O–H groups in total. The Balaban J connectivity index is 1.73. The average Bonchev–Trinajstić information content (AvgIpc) is 2.60. The predicted octanol–water partition coefficient (Wildman–Crippen LogP) is 1.60. The quantitative estimate of drug-likeness (QED) is 0.521. The van der Waals surface area contributed by atoms with Crippen molar-refractivity contribution in [3.05, 3.63) is 22.2 Å². The Bertz CT molecular complexity index is 849. The summed E-state index contributed by atoms with van der Waals surface area (Å²) >= 11 is 3.38. The molecule has 0 saturated carbocycles. The fourth-order valence-corrected chi connectivity index (χ4v) is 4.41. The van der Waals surface area contributed by atoms with E-state index >= 15 is 0 Å². The molecule has 29 heavy (non-hydrogen) atoms. The van der Waals surface area contributed by atoms with Crippen molar-refractivity contribution in [3.8, 4) is 11.5 Å². The molecule has 12 heteroatoms. The molecule has 2 amide bonds. The lowest BCUT2D eigenvalue weighted by atomic mass is 10.1. The van der Waals surface area contributed by atoms with Gasteiger partial charge in [-0.15, -0.1) is 0 Å². The molecule has 1 aromatic carbocycles. The van der Waals surface area contributed by atoms with E-state index in [1.165, 1.54) is 6.92 Å². The number of methoxy groups -OCH3 is 2. The second-order valence-corrected chi connectivity index (χ2v) is 9.28. The van der Waals surface area contributed by atoms with Gasteiger partial charge in [0.2, 0.25) is 6.29 Å². The molecule has 1 unspecified atom stereocenters. The monoisotopic (exact) mass is 494 g/mol. The van der Waals surface area contributed by atoms with Gasteiger partial charge in [-0.25, -0.2) is 18.0 Å². The number of benzene rings is 1. The first kappa shape index (κ1) is 23.1. The lowest BCUT2D eigenvalue weighted by molar-refractivity contribution is -0.0484. The van der Waals surface area contributed by atoms with Crippen molar-refractivity contribution in [3.63, 3.8) is 0 Å². The first-order chi connectivity index (χ1) is 13.6. The summed E-state index contributed by atoms with van der Waals surface area (Å²) in [7, 11) is 0.0392. The van der Waals surface area contributed by atoms with Gasteiger partial charge < -0.3 is 29.6 Å². The Morgan fingerprint density at radius 1 is 1.14 bits per heavy atom. The number of halogens is 1. The molecule has 2 rings (SSSR count). The van der Waals surface area contributed by atoms with E-state index < -0.39 is 34.4 Å². The van der Waals surface area contributed by atoms with E-state index in [2.05, 4.69) is 26.6 Å². The maximum Gasteiger partial charge on any atom is 0.410 e. The van der Waals surface area contributed by atoms with E-state index in [0.717, 1.165) is 10.0 Å². The highest BCUT2D eigenvalue weighted by Crippen LogP contribution is 2.32. The zero-order valence-corrected chi connectivity index (χ0v) is 18.6. The maximum absolute atomic E-state index is 11.8. The van der Waals surface area contributed by atoms with E-state index in [9.17, 15) is 18.0 Å². The lowest BCUT2D eigenvalue weighted by Gasteiger charge is -2.26. The fourth-order valence-electron chi connectivity index (χ4n) is 2.63. The van der Waals surface area contributed by atoms with Crippen LogP contribution in [0.25, 0.3) is 0 Å². The summed E-state index contributed by atoms with van der Waals surface area (Å²) in [4.78, 5) is 23.5. The van der Waals surface area contributed by atoms with Crippen LogP contribution in [0.4, 0.5) is 9.59 Å². The number of carbonyl (C=O) groups excluding carboxylic acids is 2. The number of carbonyl (C=O) groups is 2. The first-order valence-electron chi connectivity index (χ1n) is 8.66. The minimum atomic E-state index is -3.05. The standard InChI is InChI=1S/C17H23BrN2O8S/c1-10(28-17(22)20-12-8-29(23,24)9-12)27-16(21)19-5-4-11-6-15(26-3)13(18)7-14(11)25-2/h6-7,10,12H,4-5,8-9H2,1-3H3,(H,19,21)(H,20,22). The molecule has 0 aromatic heterocycles. The minimum absolute atomic E-state index is 0.123. The van der Waals surface area contributed by atoms with Gasteiger partial charge in [0, 0.05) is 13.5 Å². The van der Waals surface area contributed by atoms with Crippen LogP contribution >= 0.6 is 15.9 Å². The molecule has 10 nitrogen and oxygen atoms in total. The fraction of sp³-hybridized carbons (Fsp3) is 0.529. The number of sulfone groups is 1. The van der Waals surface area contributed by atoms with Crippen LogP contribution in [0.2, 0.25) is 0 Å². The Labute approximate surface area is 177 Å². The summed E-state index contributed by atoms with van der Waals surface area (Å²) in [5.41, 5.74) is 0.826. The molecule has 1 aliphatic rings. The second-order valence-electron chi connectivity index (χ2n) is 6.27. The van der Waals surface area contributed by atoms with Crippen molar-refractivity contribution in [1.82, 2.24) is 10.6 Å². The Kier molecular flexibility index (Phi) is 7.96. The van der Waals surface area contributed by atoms with Gasteiger partial charge in [0.1, 0.15) is 11.5 Å². The summed E-state index contributed by atoms with van der Waals surface area (Å²) in [5, 5.41) is 4.94. The topological polar surface area (TPSA) is 129 Å². The summed E-state index contributed by atoms with van der Waals surface area (Å²) in [5.74, 6) is 1.03. The second kappa shape index (κ2) is 10.0. The summed E-state index contributed by atoms with van der Waals surface area (Å²) in [6.07, 6.45) is -2.31. The highest BCUT2D eigenvalue weighted by Gasteiger charge is 2.35. The van der Waals surface area contributed by atoms with E-state index in [-0.39, 0.29) is 18.1 Å². The number of amides is 2. The van der Waals surface area contributed by atoms with Gasteiger partial charge in [0.15, 0.2) is 9.84 Å². The Morgan fingerprint density at radius 2 is 1.76 bits per heavy atom. The maximum atomic E-state index is 11.8. The van der Waals surface area contributed by atoms with Crippen LogP contribution in [0, 0.1) is 0 Å². The number of ether oxygens (including phenoxy) is 4. The van der Waals surface area contributed by atoms with E-state index in [1.807, 2.05) is 0 Å². The smallest absolute Gasteiger partial charge is 0.410 e. The van der Waals surface area contributed by atoms with Gasteiger partial charge >= 0.3 is 12.2 Å². The molecule has 1 aliphatic heterocycles. The molecule has 0 radical (unpaired) electrons. The zero-order valence-electron chi connectivity index (χ0n) is 16.2. The summed E-state index contributed by atoms with van der Waals surface area (Å²) < 4.78 is 43.2. The normalized spacial score (nSPS) is 16.1. The molecule has 162 valence electrons. The molecule has 0 spiro atoms. The van der Waals surface area contributed by atoms with Gasteiger partial charge in [-0.2, -0.15) is 0 Å². The molecule has 1 fully saturated rings. The zero-order chi connectivity index (χ0) is 21.6. The highest BCUT2D eigenvalue weighted by atomic mass is 79.9. The third-order valence-corrected chi connectivity index (χ3v) is 6.44. The predicted molar refractivity (Wildman–Crippen MR) is 107 cm³/mol. The van der Waals surface area contributed by atoms with Gasteiger partial charge in [-0.05, 0) is 40.0 Å².